The molecule has 0 fully saturated rings. The van der Waals surface area contributed by atoms with Gasteiger partial charge in [0, 0.05) is 17.8 Å². The van der Waals surface area contributed by atoms with E-state index in [-0.39, 0.29) is 12.1 Å². The summed E-state index contributed by atoms with van der Waals surface area (Å²) in [6.45, 7) is -0.192. The van der Waals surface area contributed by atoms with Crippen molar-refractivity contribution < 1.29 is 22.0 Å². The van der Waals surface area contributed by atoms with Crippen molar-refractivity contribution in [2.75, 3.05) is 0 Å². The summed E-state index contributed by atoms with van der Waals surface area (Å²) in [7, 11) is 0. The van der Waals surface area contributed by atoms with Crippen LogP contribution < -0.4 is 0 Å². The molecule has 0 N–H and O–H groups in total. The van der Waals surface area contributed by atoms with Crippen LogP contribution in [0.5, 0.6) is 0 Å². The third kappa shape index (κ3) is 2.66. The third-order valence-corrected chi connectivity index (χ3v) is 2.28. The Morgan fingerprint density at radius 1 is 1.11 bits per heavy atom. The molecule has 1 aromatic heterocycles. The summed E-state index contributed by atoms with van der Waals surface area (Å²) in [5.41, 5.74) is -0.988. The molecule has 0 aliphatic carbocycles. The lowest BCUT2D eigenvalue weighted by Crippen LogP contribution is -2.09. The highest BCUT2D eigenvalue weighted by Gasteiger charge is 2.33. The number of hydrogen-bond donors (Lipinski definition) is 0. The highest BCUT2D eigenvalue weighted by molar-refractivity contribution is 5.19. The minimum Gasteiger partial charge on any atom is -0.268 e. The van der Waals surface area contributed by atoms with Crippen molar-refractivity contribution in [1.82, 2.24) is 9.78 Å². The first-order valence-electron chi connectivity index (χ1n) is 4.91. The van der Waals surface area contributed by atoms with E-state index in [2.05, 4.69) is 5.10 Å². The molecule has 7 heteroatoms. The van der Waals surface area contributed by atoms with Crippen molar-refractivity contribution in [3.8, 4) is 0 Å². The SMILES string of the molecule is Fc1ccc(Cn2ccc(C(F)(F)F)n2)c(F)c1. The maximum atomic E-state index is 13.3. The zero-order valence-corrected chi connectivity index (χ0v) is 8.88. The van der Waals surface area contributed by atoms with Gasteiger partial charge in [0.1, 0.15) is 11.6 Å². The van der Waals surface area contributed by atoms with Crippen molar-refractivity contribution in [2.24, 2.45) is 0 Å². The van der Waals surface area contributed by atoms with Crippen molar-refractivity contribution in [3.05, 3.63) is 53.4 Å². The number of aromatic nitrogens is 2. The van der Waals surface area contributed by atoms with Crippen LogP contribution in [0, 0.1) is 11.6 Å². The number of rotatable bonds is 2. The molecular formula is C11H7F5N2. The minimum absolute atomic E-state index is 0.0632. The predicted molar refractivity (Wildman–Crippen MR) is 52.7 cm³/mol. The van der Waals surface area contributed by atoms with Crippen molar-refractivity contribution >= 4 is 0 Å². The van der Waals surface area contributed by atoms with E-state index in [9.17, 15) is 22.0 Å². The second-order valence-electron chi connectivity index (χ2n) is 3.63. The highest BCUT2D eigenvalue weighted by Crippen LogP contribution is 2.27. The Labute approximate surface area is 98.7 Å². The molecule has 0 saturated heterocycles. The van der Waals surface area contributed by atoms with E-state index >= 15 is 0 Å². The number of nitrogens with zero attached hydrogens (tertiary/aromatic N) is 2. The lowest BCUT2D eigenvalue weighted by Gasteiger charge is -2.04. The van der Waals surface area contributed by atoms with Gasteiger partial charge in [-0.3, -0.25) is 4.68 Å². The first-order valence-corrected chi connectivity index (χ1v) is 4.91. The fraction of sp³-hybridized carbons (Fsp3) is 0.182. The molecule has 0 unspecified atom stereocenters. The molecule has 1 aromatic carbocycles. The van der Waals surface area contributed by atoms with Gasteiger partial charge >= 0.3 is 6.18 Å². The topological polar surface area (TPSA) is 17.8 Å². The van der Waals surface area contributed by atoms with E-state index in [1.54, 1.807) is 0 Å². The normalized spacial score (nSPS) is 11.8. The summed E-state index contributed by atoms with van der Waals surface area (Å²) in [6, 6.07) is 3.66. The summed E-state index contributed by atoms with van der Waals surface area (Å²) in [6.07, 6.45) is -3.45. The predicted octanol–water partition coefficient (Wildman–Crippen LogP) is 3.23. The zero-order valence-electron chi connectivity index (χ0n) is 8.88. The van der Waals surface area contributed by atoms with Crippen LogP contribution in [0.3, 0.4) is 0 Å². The summed E-state index contributed by atoms with van der Waals surface area (Å²) >= 11 is 0. The second-order valence-corrected chi connectivity index (χ2v) is 3.63. The zero-order chi connectivity index (χ0) is 13.3. The standard InChI is InChI=1S/C11H7F5N2/c12-8-2-1-7(9(13)5-8)6-18-4-3-10(17-18)11(14,15)16/h1-5H,6H2. The van der Waals surface area contributed by atoms with Gasteiger partial charge in [-0.25, -0.2) is 8.78 Å². The molecule has 0 radical (unpaired) electrons. The average Bonchev–Trinajstić information content (AvgIpc) is 2.70. The van der Waals surface area contributed by atoms with E-state index in [4.69, 9.17) is 0 Å². The van der Waals surface area contributed by atoms with E-state index in [0.29, 0.717) is 6.07 Å². The van der Waals surface area contributed by atoms with Gasteiger partial charge in [-0.15, -0.1) is 0 Å². The largest absolute Gasteiger partial charge is 0.435 e. The maximum Gasteiger partial charge on any atom is 0.435 e. The number of benzene rings is 1. The maximum absolute atomic E-state index is 13.3. The molecule has 0 spiro atoms. The molecule has 2 aromatic rings. The number of halogens is 5. The van der Waals surface area contributed by atoms with Gasteiger partial charge in [-0.2, -0.15) is 18.3 Å². The Bertz CT molecular complexity index is 559. The quantitative estimate of drug-likeness (QED) is 0.760. The molecule has 2 rings (SSSR count). The van der Waals surface area contributed by atoms with E-state index in [0.717, 1.165) is 23.0 Å². The van der Waals surface area contributed by atoms with Gasteiger partial charge in [0.2, 0.25) is 0 Å². The molecule has 2 nitrogen and oxygen atoms in total. The Kier molecular flexibility index (Phi) is 3.06. The van der Waals surface area contributed by atoms with Gasteiger partial charge in [-0.05, 0) is 12.1 Å². The fourth-order valence-corrected chi connectivity index (χ4v) is 1.43. The first-order chi connectivity index (χ1) is 8.36. The van der Waals surface area contributed by atoms with E-state index < -0.39 is 23.5 Å². The van der Waals surface area contributed by atoms with E-state index in [1.165, 1.54) is 6.07 Å². The molecule has 0 atom stereocenters. The van der Waals surface area contributed by atoms with Crippen LogP contribution in [-0.2, 0) is 12.7 Å². The molecule has 0 saturated carbocycles. The average molecular weight is 262 g/mol. The highest BCUT2D eigenvalue weighted by atomic mass is 19.4. The summed E-state index contributed by atoms with van der Waals surface area (Å²) < 4.78 is 63.7. The van der Waals surface area contributed by atoms with Crippen LogP contribution in [0.15, 0.2) is 30.5 Å². The molecular weight excluding hydrogens is 255 g/mol. The lowest BCUT2D eigenvalue weighted by molar-refractivity contribution is -0.141. The minimum atomic E-state index is -4.54. The third-order valence-electron chi connectivity index (χ3n) is 2.28. The van der Waals surface area contributed by atoms with Gasteiger partial charge < -0.3 is 0 Å². The summed E-state index contributed by atoms with van der Waals surface area (Å²) in [5, 5.41) is 3.27. The first kappa shape index (κ1) is 12.5. The Hall–Kier alpha value is -1.92. The van der Waals surface area contributed by atoms with Gasteiger partial charge in [0.25, 0.3) is 0 Å². The van der Waals surface area contributed by atoms with Gasteiger partial charge in [0.05, 0.1) is 6.54 Å². The van der Waals surface area contributed by atoms with Crippen molar-refractivity contribution in [3.63, 3.8) is 0 Å². The van der Waals surface area contributed by atoms with Crippen LogP contribution in [0.1, 0.15) is 11.3 Å². The summed E-state index contributed by atoms with van der Waals surface area (Å²) in [4.78, 5) is 0. The number of alkyl halides is 3. The molecule has 0 amide bonds. The Balaban J connectivity index is 2.21. The Morgan fingerprint density at radius 3 is 2.39 bits per heavy atom. The van der Waals surface area contributed by atoms with Crippen LogP contribution in [0.25, 0.3) is 0 Å². The summed E-state index contributed by atoms with van der Waals surface area (Å²) in [5.74, 6) is -1.56. The van der Waals surface area contributed by atoms with Gasteiger partial charge in [-0.1, -0.05) is 6.07 Å². The van der Waals surface area contributed by atoms with Gasteiger partial charge in [0.15, 0.2) is 5.69 Å². The number of hydrogen-bond acceptors (Lipinski definition) is 1. The molecule has 96 valence electrons. The monoisotopic (exact) mass is 262 g/mol. The molecule has 0 aliphatic heterocycles. The van der Waals surface area contributed by atoms with Crippen molar-refractivity contribution in [2.45, 2.75) is 12.7 Å². The fourth-order valence-electron chi connectivity index (χ4n) is 1.43. The smallest absolute Gasteiger partial charge is 0.268 e. The molecule has 1 heterocycles. The van der Waals surface area contributed by atoms with Crippen molar-refractivity contribution in [1.29, 1.82) is 0 Å². The van der Waals surface area contributed by atoms with Crippen LogP contribution in [0.2, 0.25) is 0 Å². The Morgan fingerprint density at radius 2 is 1.83 bits per heavy atom. The molecule has 0 aliphatic rings. The van der Waals surface area contributed by atoms with Crippen LogP contribution in [-0.4, -0.2) is 9.78 Å². The van der Waals surface area contributed by atoms with E-state index in [1.807, 2.05) is 0 Å². The second kappa shape index (κ2) is 4.40. The van der Waals surface area contributed by atoms with Crippen LogP contribution in [0.4, 0.5) is 22.0 Å². The molecule has 18 heavy (non-hydrogen) atoms. The molecule has 0 bridgehead atoms. The van der Waals surface area contributed by atoms with Crippen LogP contribution >= 0.6 is 0 Å². The lowest BCUT2D eigenvalue weighted by atomic mass is 10.2.